The topological polar surface area (TPSA) is 43.8 Å². The molecule has 0 saturated heterocycles. The third kappa shape index (κ3) is 2.08. The lowest BCUT2D eigenvalue weighted by Crippen LogP contribution is -2.04. The van der Waals surface area contributed by atoms with Crippen molar-refractivity contribution in [1.29, 1.82) is 0 Å². The van der Waals surface area contributed by atoms with Crippen LogP contribution in [0.2, 0.25) is 0 Å². The largest absolute Gasteiger partial charge is 0.369 e. The molecule has 0 radical (unpaired) electrons. The number of aryl methyl sites for hydroxylation is 2. The summed E-state index contributed by atoms with van der Waals surface area (Å²) in [6, 6.07) is 14.6. The fraction of sp³-hybridized carbons (Fsp3) is 0.188. The lowest BCUT2D eigenvalue weighted by Gasteiger charge is -2.07. The number of benzene rings is 2. The van der Waals surface area contributed by atoms with Crippen LogP contribution in [0.4, 0.5) is 5.95 Å². The van der Waals surface area contributed by atoms with Gasteiger partial charge in [-0.05, 0) is 36.6 Å². The van der Waals surface area contributed by atoms with Crippen LogP contribution >= 0.6 is 0 Å². The van der Waals surface area contributed by atoms with Crippen molar-refractivity contribution in [3.05, 3.63) is 59.2 Å². The van der Waals surface area contributed by atoms with Crippen LogP contribution in [0.15, 0.2) is 42.5 Å². The number of anilines is 1. The van der Waals surface area contributed by atoms with E-state index in [1.807, 2.05) is 18.2 Å². The highest BCUT2D eigenvalue weighted by atomic mass is 15.1. The van der Waals surface area contributed by atoms with Gasteiger partial charge in [0.05, 0.1) is 17.6 Å². The number of imidazole rings is 1. The van der Waals surface area contributed by atoms with E-state index >= 15 is 0 Å². The molecule has 0 atom stereocenters. The normalized spacial score (nSPS) is 11.1. The molecule has 3 nitrogen and oxygen atoms in total. The highest BCUT2D eigenvalue weighted by Gasteiger charge is 2.10. The van der Waals surface area contributed by atoms with Crippen LogP contribution in [0.5, 0.6) is 0 Å². The summed E-state index contributed by atoms with van der Waals surface area (Å²) in [7, 11) is 0. The first-order chi connectivity index (χ1) is 9.15. The third-order valence-electron chi connectivity index (χ3n) is 3.40. The lowest BCUT2D eigenvalue weighted by molar-refractivity contribution is 0.838. The highest BCUT2D eigenvalue weighted by Crippen LogP contribution is 2.23. The molecule has 0 fully saturated rings. The van der Waals surface area contributed by atoms with E-state index < -0.39 is 0 Å². The molecule has 0 bridgehead atoms. The Hall–Kier alpha value is -2.29. The molecule has 19 heavy (non-hydrogen) atoms. The fourth-order valence-corrected chi connectivity index (χ4v) is 2.52. The Morgan fingerprint density at radius 1 is 1.11 bits per heavy atom. The molecule has 0 aliphatic rings. The van der Waals surface area contributed by atoms with Gasteiger partial charge in [-0.15, -0.1) is 0 Å². The van der Waals surface area contributed by atoms with Gasteiger partial charge in [0.15, 0.2) is 0 Å². The molecule has 0 aliphatic carbocycles. The number of nitrogens with zero attached hydrogens (tertiary/aromatic N) is 2. The summed E-state index contributed by atoms with van der Waals surface area (Å²) in [5.41, 5.74) is 11.8. The lowest BCUT2D eigenvalue weighted by atomic mass is 10.1. The Labute approximate surface area is 112 Å². The molecule has 0 aliphatic heterocycles. The predicted molar refractivity (Wildman–Crippen MR) is 79.2 cm³/mol. The standard InChI is InChI=1S/C16H17N3/c1-11-8-12(2)15-14(9-11)19(16(17)18-15)10-13-6-4-3-5-7-13/h3-9H,10H2,1-2H3,(H2,17,18). The predicted octanol–water partition coefficient (Wildman–Crippen LogP) is 3.28. The monoisotopic (exact) mass is 251 g/mol. The minimum Gasteiger partial charge on any atom is -0.369 e. The van der Waals surface area contributed by atoms with E-state index in [0.717, 1.165) is 17.6 Å². The van der Waals surface area contributed by atoms with Gasteiger partial charge in [0.25, 0.3) is 0 Å². The summed E-state index contributed by atoms with van der Waals surface area (Å²) in [5.74, 6) is 0.576. The van der Waals surface area contributed by atoms with Gasteiger partial charge in [-0.3, -0.25) is 0 Å². The second-order valence-corrected chi connectivity index (χ2v) is 4.99. The Morgan fingerprint density at radius 2 is 1.84 bits per heavy atom. The summed E-state index contributed by atoms with van der Waals surface area (Å²) in [6.07, 6.45) is 0. The Balaban J connectivity index is 2.15. The SMILES string of the molecule is Cc1cc(C)c2nc(N)n(Cc3ccccc3)c2c1. The number of nitrogens with two attached hydrogens (primary N) is 1. The fourth-order valence-electron chi connectivity index (χ4n) is 2.52. The zero-order chi connectivity index (χ0) is 13.4. The zero-order valence-corrected chi connectivity index (χ0v) is 11.2. The average Bonchev–Trinajstić information content (AvgIpc) is 2.69. The first kappa shape index (κ1) is 11.8. The minimum atomic E-state index is 0.576. The molecule has 2 N–H and O–H groups in total. The van der Waals surface area contributed by atoms with Crippen molar-refractivity contribution < 1.29 is 0 Å². The Kier molecular flexibility index (Phi) is 2.75. The minimum absolute atomic E-state index is 0.576. The molecular formula is C16H17N3. The second-order valence-electron chi connectivity index (χ2n) is 4.99. The van der Waals surface area contributed by atoms with E-state index in [4.69, 9.17) is 5.73 Å². The van der Waals surface area contributed by atoms with Crippen molar-refractivity contribution in [2.75, 3.05) is 5.73 Å². The Morgan fingerprint density at radius 3 is 2.58 bits per heavy atom. The molecular weight excluding hydrogens is 234 g/mol. The van der Waals surface area contributed by atoms with Crippen LogP contribution in [0.25, 0.3) is 11.0 Å². The maximum Gasteiger partial charge on any atom is 0.201 e. The van der Waals surface area contributed by atoms with Crippen molar-refractivity contribution in [2.45, 2.75) is 20.4 Å². The van der Waals surface area contributed by atoms with Crippen LogP contribution in [0, 0.1) is 13.8 Å². The molecule has 0 spiro atoms. The van der Waals surface area contributed by atoms with Crippen molar-refractivity contribution in [3.8, 4) is 0 Å². The van der Waals surface area contributed by atoms with Crippen LogP contribution < -0.4 is 5.73 Å². The van der Waals surface area contributed by atoms with E-state index in [1.54, 1.807) is 0 Å². The number of hydrogen-bond acceptors (Lipinski definition) is 2. The van der Waals surface area contributed by atoms with E-state index in [9.17, 15) is 0 Å². The van der Waals surface area contributed by atoms with Gasteiger partial charge in [0, 0.05) is 0 Å². The van der Waals surface area contributed by atoms with Crippen molar-refractivity contribution in [3.63, 3.8) is 0 Å². The van der Waals surface area contributed by atoms with Gasteiger partial charge in [0.2, 0.25) is 5.95 Å². The van der Waals surface area contributed by atoms with Gasteiger partial charge in [0.1, 0.15) is 0 Å². The number of aromatic nitrogens is 2. The maximum absolute atomic E-state index is 6.07. The van der Waals surface area contributed by atoms with E-state index in [-0.39, 0.29) is 0 Å². The molecule has 0 amide bonds. The first-order valence-corrected chi connectivity index (χ1v) is 6.42. The van der Waals surface area contributed by atoms with Crippen molar-refractivity contribution >= 4 is 17.0 Å². The highest BCUT2D eigenvalue weighted by molar-refractivity contribution is 5.82. The van der Waals surface area contributed by atoms with E-state index in [1.165, 1.54) is 16.7 Å². The summed E-state index contributed by atoms with van der Waals surface area (Å²) in [4.78, 5) is 4.49. The summed E-state index contributed by atoms with van der Waals surface area (Å²) >= 11 is 0. The van der Waals surface area contributed by atoms with Gasteiger partial charge >= 0.3 is 0 Å². The zero-order valence-electron chi connectivity index (χ0n) is 11.2. The van der Waals surface area contributed by atoms with E-state index in [2.05, 4.69) is 47.7 Å². The van der Waals surface area contributed by atoms with Crippen LogP contribution in [-0.2, 0) is 6.54 Å². The number of nitrogen functional groups attached to an aromatic ring is 1. The van der Waals surface area contributed by atoms with E-state index in [0.29, 0.717) is 5.95 Å². The molecule has 0 unspecified atom stereocenters. The Bertz CT molecular complexity index is 727. The summed E-state index contributed by atoms with van der Waals surface area (Å²) in [6.45, 7) is 4.93. The molecule has 0 saturated carbocycles. The van der Waals surface area contributed by atoms with Crippen molar-refractivity contribution in [2.24, 2.45) is 0 Å². The molecule has 3 heteroatoms. The summed E-state index contributed by atoms with van der Waals surface area (Å²) < 4.78 is 2.07. The summed E-state index contributed by atoms with van der Waals surface area (Å²) in [5, 5.41) is 0. The van der Waals surface area contributed by atoms with Crippen LogP contribution in [-0.4, -0.2) is 9.55 Å². The van der Waals surface area contributed by atoms with Crippen LogP contribution in [0.3, 0.4) is 0 Å². The molecule has 1 aromatic heterocycles. The molecule has 1 heterocycles. The maximum atomic E-state index is 6.07. The first-order valence-electron chi connectivity index (χ1n) is 6.42. The second kappa shape index (κ2) is 4.43. The average molecular weight is 251 g/mol. The quantitative estimate of drug-likeness (QED) is 0.759. The van der Waals surface area contributed by atoms with Gasteiger partial charge in [-0.2, -0.15) is 0 Å². The van der Waals surface area contributed by atoms with Gasteiger partial charge < -0.3 is 10.3 Å². The molecule has 2 aromatic carbocycles. The smallest absolute Gasteiger partial charge is 0.201 e. The molecule has 3 rings (SSSR count). The number of hydrogen-bond donors (Lipinski definition) is 1. The number of fused-ring (bicyclic) bond motifs is 1. The van der Waals surface area contributed by atoms with Crippen molar-refractivity contribution in [1.82, 2.24) is 9.55 Å². The number of rotatable bonds is 2. The van der Waals surface area contributed by atoms with Gasteiger partial charge in [-0.25, -0.2) is 4.98 Å². The molecule has 96 valence electrons. The molecule has 3 aromatic rings. The third-order valence-corrected chi connectivity index (χ3v) is 3.40. The van der Waals surface area contributed by atoms with Gasteiger partial charge in [-0.1, -0.05) is 36.4 Å². The van der Waals surface area contributed by atoms with Crippen LogP contribution in [0.1, 0.15) is 16.7 Å².